The quantitative estimate of drug-likeness (QED) is 0.710. The maximum absolute atomic E-state index is 14.1. The predicted molar refractivity (Wildman–Crippen MR) is 96.7 cm³/mol. The molecule has 0 N–H and O–H groups in total. The number of hydrogen-bond acceptors (Lipinski definition) is 3. The Bertz CT molecular complexity index is 1050. The molecule has 1 heterocycles. The summed E-state index contributed by atoms with van der Waals surface area (Å²) in [6.45, 7) is 1.78. The van der Waals surface area contributed by atoms with E-state index in [0.717, 1.165) is 0 Å². The van der Waals surface area contributed by atoms with Crippen LogP contribution >= 0.6 is 0 Å². The lowest BCUT2D eigenvalue weighted by Crippen LogP contribution is -2.33. The maximum atomic E-state index is 14.1. The number of benzene rings is 2. The van der Waals surface area contributed by atoms with Gasteiger partial charge in [0.2, 0.25) is 5.43 Å². The SMILES string of the molecule is Cc1cc(=O)c(C(=O)N(C)Cc2ccc(F)cc2)nn1-c1ccccc1F. The van der Waals surface area contributed by atoms with Crippen molar-refractivity contribution < 1.29 is 13.6 Å². The van der Waals surface area contributed by atoms with Crippen LogP contribution in [0.3, 0.4) is 0 Å². The topological polar surface area (TPSA) is 55.2 Å². The smallest absolute Gasteiger partial charge is 0.278 e. The Labute approximate surface area is 154 Å². The van der Waals surface area contributed by atoms with E-state index in [1.54, 1.807) is 31.2 Å². The lowest BCUT2D eigenvalue weighted by Gasteiger charge is -2.18. The molecule has 0 radical (unpaired) electrons. The summed E-state index contributed by atoms with van der Waals surface area (Å²) < 4.78 is 28.3. The van der Waals surface area contributed by atoms with Crippen molar-refractivity contribution in [3.05, 3.63) is 93.4 Å². The Kier molecular flexibility index (Phi) is 5.12. The van der Waals surface area contributed by atoms with Gasteiger partial charge in [0.15, 0.2) is 5.69 Å². The van der Waals surface area contributed by atoms with Gasteiger partial charge < -0.3 is 4.90 Å². The van der Waals surface area contributed by atoms with Crippen molar-refractivity contribution in [2.75, 3.05) is 7.05 Å². The largest absolute Gasteiger partial charge is 0.336 e. The van der Waals surface area contributed by atoms with Crippen LogP contribution < -0.4 is 5.43 Å². The van der Waals surface area contributed by atoms with Gasteiger partial charge in [-0.05, 0) is 36.8 Å². The zero-order valence-electron chi connectivity index (χ0n) is 14.8. The minimum absolute atomic E-state index is 0.144. The minimum Gasteiger partial charge on any atom is -0.336 e. The fourth-order valence-electron chi connectivity index (χ4n) is 2.68. The van der Waals surface area contributed by atoms with Crippen molar-refractivity contribution >= 4 is 5.91 Å². The molecule has 3 rings (SSSR count). The van der Waals surface area contributed by atoms with E-state index in [0.29, 0.717) is 11.3 Å². The average Bonchev–Trinajstić information content (AvgIpc) is 2.64. The number of amides is 1. The van der Waals surface area contributed by atoms with Gasteiger partial charge in [-0.25, -0.2) is 13.5 Å². The molecule has 0 aliphatic heterocycles. The van der Waals surface area contributed by atoms with E-state index in [4.69, 9.17) is 0 Å². The molecular weight excluding hydrogens is 352 g/mol. The molecule has 3 aromatic rings. The molecule has 0 saturated carbocycles. The average molecular weight is 369 g/mol. The van der Waals surface area contributed by atoms with Gasteiger partial charge in [0, 0.05) is 25.4 Å². The van der Waals surface area contributed by atoms with E-state index in [9.17, 15) is 18.4 Å². The summed E-state index contributed by atoms with van der Waals surface area (Å²) in [7, 11) is 1.51. The molecule has 7 heteroatoms. The van der Waals surface area contributed by atoms with Gasteiger partial charge in [-0.15, -0.1) is 0 Å². The summed E-state index contributed by atoms with van der Waals surface area (Å²) in [6, 6.07) is 12.9. The van der Waals surface area contributed by atoms with E-state index in [2.05, 4.69) is 5.10 Å². The Balaban J connectivity index is 1.95. The van der Waals surface area contributed by atoms with Gasteiger partial charge >= 0.3 is 0 Å². The van der Waals surface area contributed by atoms with Gasteiger partial charge in [0.25, 0.3) is 5.91 Å². The van der Waals surface area contributed by atoms with Crippen molar-refractivity contribution in [2.24, 2.45) is 0 Å². The summed E-state index contributed by atoms with van der Waals surface area (Å²) in [5.74, 6) is -1.50. The molecule has 0 spiro atoms. The molecule has 27 heavy (non-hydrogen) atoms. The first-order valence-electron chi connectivity index (χ1n) is 8.22. The third-order valence-electron chi connectivity index (χ3n) is 4.07. The number of nitrogens with zero attached hydrogens (tertiary/aromatic N) is 3. The number of rotatable bonds is 4. The Hall–Kier alpha value is -3.35. The van der Waals surface area contributed by atoms with Gasteiger partial charge in [-0.2, -0.15) is 5.10 Å². The normalized spacial score (nSPS) is 10.7. The third kappa shape index (κ3) is 3.92. The highest BCUT2D eigenvalue weighted by atomic mass is 19.1. The number of para-hydroxylation sites is 1. The van der Waals surface area contributed by atoms with Gasteiger partial charge in [-0.3, -0.25) is 9.59 Å². The molecule has 0 unspecified atom stereocenters. The molecule has 138 valence electrons. The van der Waals surface area contributed by atoms with Crippen LogP contribution in [0.1, 0.15) is 21.7 Å². The number of halogens is 2. The standard InChI is InChI=1S/C20H17F2N3O2/c1-13-11-18(26)19(23-25(13)17-6-4-3-5-16(17)22)20(27)24(2)12-14-7-9-15(21)10-8-14/h3-11H,12H2,1-2H3. The van der Waals surface area contributed by atoms with Gasteiger partial charge in [0.05, 0.1) is 0 Å². The van der Waals surface area contributed by atoms with E-state index >= 15 is 0 Å². The van der Waals surface area contributed by atoms with Gasteiger partial charge in [0.1, 0.15) is 17.3 Å². The van der Waals surface area contributed by atoms with Crippen LogP contribution in [-0.4, -0.2) is 27.6 Å². The number of carbonyl (C=O) groups excluding carboxylic acids is 1. The Morgan fingerprint density at radius 2 is 1.78 bits per heavy atom. The summed E-state index contributed by atoms with van der Waals surface area (Å²) in [6.07, 6.45) is 0. The number of carbonyl (C=O) groups is 1. The number of aromatic nitrogens is 2. The second-order valence-electron chi connectivity index (χ2n) is 6.15. The van der Waals surface area contributed by atoms with Gasteiger partial charge in [-0.1, -0.05) is 24.3 Å². The summed E-state index contributed by atoms with van der Waals surface area (Å²) >= 11 is 0. The van der Waals surface area contributed by atoms with Crippen molar-refractivity contribution in [2.45, 2.75) is 13.5 Å². The molecule has 1 aromatic heterocycles. The monoisotopic (exact) mass is 369 g/mol. The summed E-state index contributed by atoms with van der Waals surface area (Å²) in [5, 5.41) is 4.09. The first-order chi connectivity index (χ1) is 12.9. The van der Waals surface area contributed by atoms with Crippen LogP contribution in [0.2, 0.25) is 0 Å². The highest BCUT2D eigenvalue weighted by molar-refractivity contribution is 5.91. The Morgan fingerprint density at radius 3 is 2.44 bits per heavy atom. The highest BCUT2D eigenvalue weighted by Gasteiger charge is 2.20. The van der Waals surface area contributed by atoms with Crippen molar-refractivity contribution in [1.29, 1.82) is 0 Å². The van der Waals surface area contributed by atoms with E-state index in [-0.39, 0.29) is 23.7 Å². The van der Waals surface area contributed by atoms with Crippen LogP contribution in [0.5, 0.6) is 0 Å². The molecule has 0 bridgehead atoms. The second-order valence-corrected chi connectivity index (χ2v) is 6.15. The fourth-order valence-corrected chi connectivity index (χ4v) is 2.68. The highest BCUT2D eigenvalue weighted by Crippen LogP contribution is 2.14. The zero-order chi connectivity index (χ0) is 19.6. The molecule has 2 aromatic carbocycles. The second kappa shape index (κ2) is 7.49. The van der Waals surface area contributed by atoms with Crippen LogP contribution in [0.25, 0.3) is 5.69 Å². The lowest BCUT2D eigenvalue weighted by molar-refractivity contribution is 0.0775. The lowest BCUT2D eigenvalue weighted by atomic mass is 10.2. The first-order valence-corrected chi connectivity index (χ1v) is 8.22. The molecule has 0 atom stereocenters. The van der Waals surface area contributed by atoms with Crippen molar-refractivity contribution in [1.82, 2.24) is 14.7 Å². The molecule has 0 saturated heterocycles. The Morgan fingerprint density at radius 1 is 1.11 bits per heavy atom. The first kappa shape index (κ1) is 18.4. The zero-order valence-corrected chi connectivity index (χ0v) is 14.8. The predicted octanol–water partition coefficient (Wildman–Crippen LogP) is 3.09. The molecule has 0 aliphatic rings. The molecule has 0 fully saturated rings. The summed E-state index contributed by atoms with van der Waals surface area (Å²) in [5.41, 5.74) is 0.395. The van der Waals surface area contributed by atoms with Crippen LogP contribution in [0, 0.1) is 18.6 Å². The molecule has 5 nitrogen and oxygen atoms in total. The van der Waals surface area contributed by atoms with Crippen molar-refractivity contribution in [3.8, 4) is 5.69 Å². The molecule has 1 amide bonds. The van der Waals surface area contributed by atoms with Crippen LogP contribution in [0.15, 0.2) is 59.4 Å². The van der Waals surface area contributed by atoms with E-state index in [1.165, 1.54) is 47.0 Å². The van der Waals surface area contributed by atoms with Crippen LogP contribution in [0.4, 0.5) is 8.78 Å². The van der Waals surface area contributed by atoms with E-state index in [1.807, 2.05) is 0 Å². The van der Waals surface area contributed by atoms with Crippen molar-refractivity contribution in [3.63, 3.8) is 0 Å². The minimum atomic E-state index is -0.602. The van der Waals surface area contributed by atoms with E-state index < -0.39 is 17.2 Å². The third-order valence-corrected chi connectivity index (χ3v) is 4.07. The summed E-state index contributed by atoms with van der Waals surface area (Å²) in [4.78, 5) is 26.3. The maximum Gasteiger partial charge on any atom is 0.278 e. The molecular formula is C20H17F2N3O2. The molecule has 0 aliphatic carbocycles. The number of hydrogen-bond donors (Lipinski definition) is 0. The number of aryl methyl sites for hydroxylation is 1. The van der Waals surface area contributed by atoms with Crippen LogP contribution in [-0.2, 0) is 6.54 Å². The fraction of sp³-hybridized carbons (Fsp3) is 0.150.